The third-order valence-electron chi connectivity index (χ3n) is 1.63. The minimum atomic E-state index is 0.907. The van der Waals surface area contributed by atoms with E-state index in [1.807, 2.05) is 0 Å². The Morgan fingerprint density at radius 3 is 2.43 bits per heavy atom. The third-order valence-corrected chi connectivity index (χ3v) is 1.63. The molecular weight excluding hydrogens is 84.1 g/mol. The normalized spacial score (nSPS) is 27.1. The Morgan fingerprint density at radius 1 is 1.57 bits per heavy atom. The molecular formula is C7H12. The van der Waals surface area contributed by atoms with Crippen molar-refractivity contribution < 1.29 is 0 Å². The summed E-state index contributed by atoms with van der Waals surface area (Å²) in [6.45, 7) is 4.46. The second-order valence-electron chi connectivity index (χ2n) is 2.11. The van der Waals surface area contributed by atoms with Crippen molar-refractivity contribution in [3.05, 3.63) is 11.6 Å². The van der Waals surface area contributed by atoms with E-state index in [1.54, 1.807) is 5.57 Å². The first kappa shape index (κ1) is 4.89. The smallest absolute Gasteiger partial charge is 0.00229 e. The van der Waals surface area contributed by atoms with Crippen LogP contribution in [-0.2, 0) is 0 Å². The highest BCUT2D eigenvalue weighted by molar-refractivity contribution is 5.27. The zero-order valence-corrected chi connectivity index (χ0v) is 5.07. The number of hydrogen-bond donors (Lipinski definition) is 0. The lowest BCUT2D eigenvalue weighted by molar-refractivity contribution is 0.814. The van der Waals surface area contributed by atoms with Gasteiger partial charge in [0, 0.05) is 0 Å². The minimum Gasteiger partial charge on any atom is -0.0776 e. The van der Waals surface area contributed by atoms with Crippen LogP contribution < -0.4 is 0 Å². The largest absolute Gasteiger partial charge is 0.0776 e. The third kappa shape index (κ3) is 0.846. The molecule has 0 amide bonds. The highest BCUT2D eigenvalue weighted by atomic mass is 14.2. The van der Waals surface area contributed by atoms with Crippen molar-refractivity contribution in [2.75, 3.05) is 0 Å². The van der Waals surface area contributed by atoms with E-state index in [-0.39, 0.29) is 0 Å². The fraction of sp³-hybridized carbons (Fsp3) is 0.714. The summed E-state index contributed by atoms with van der Waals surface area (Å²) in [5, 5.41) is 0. The van der Waals surface area contributed by atoms with Crippen molar-refractivity contribution >= 4 is 0 Å². The molecule has 1 aliphatic carbocycles. The van der Waals surface area contributed by atoms with Crippen molar-refractivity contribution in [1.82, 2.24) is 0 Å². The van der Waals surface area contributed by atoms with Crippen molar-refractivity contribution in [2.45, 2.75) is 26.7 Å². The standard InChI is InChI=1S/C7H12/c1-3-6-5-7(6)4-2/h5-6H,3-4H2,1-2H3/t6-/m1/s1. The monoisotopic (exact) mass is 96.1 g/mol. The average molecular weight is 96.2 g/mol. The minimum absolute atomic E-state index is 0.907. The van der Waals surface area contributed by atoms with Gasteiger partial charge in [0.15, 0.2) is 0 Å². The molecule has 7 heavy (non-hydrogen) atoms. The topological polar surface area (TPSA) is 0 Å². The number of hydrogen-bond acceptors (Lipinski definition) is 0. The van der Waals surface area contributed by atoms with Gasteiger partial charge in [-0.25, -0.2) is 0 Å². The van der Waals surface area contributed by atoms with E-state index in [0.717, 1.165) is 5.92 Å². The molecule has 0 nitrogen and oxygen atoms in total. The van der Waals surface area contributed by atoms with Crippen molar-refractivity contribution in [2.24, 2.45) is 5.92 Å². The van der Waals surface area contributed by atoms with Crippen LogP contribution in [0.4, 0.5) is 0 Å². The Kier molecular flexibility index (Phi) is 1.18. The van der Waals surface area contributed by atoms with E-state index in [4.69, 9.17) is 0 Å². The Hall–Kier alpha value is -0.260. The molecule has 0 aliphatic heterocycles. The van der Waals surface area contributed by atoms with E-state index >= 15 is 0 Å². The fourth-order valence-corrected chi connectivity index (χ4v) is 0.970. The molecule has 0 radical (unpaired) electrons. The molecule has 40 valence electrons. The molecule has 0 aromatic heterocycles. The molecule has 0 heteroatoms. The fourth-order valence-electron chi connectivity index (χ4n) is 0.970. The van der Waals surface area contributed by atoms with Gasteiger partial charge in [0.2, 0.25) is 0 Å². The summed E-state index contributed by atoms with van der Waals surface area (Å²) in [6, 6.07) is 0. The first-order valence-corrected chi connectivity index (χ1v) is 3.09. The van der Waals surface area contributed by atoms with Gasteiger partial charge in [-0.1, -0.05) is 25.5 Å². The van der Waals surface area contributed by atoms with Crippen LogP contribution in [0.25, 0.3) is 0 Å². The van der Waals surface area contributed by atoms with Gasteiger partial charge in [0.05, 0.1) is 0 Å². The van der Waals surface area contributed by atoms with Gasteiger partial charge in [-0.2, -0.15) is 0 Å². The Morgan fingerprint density at radius 2 is 2.29 bits per heavy atom. The average Bonchev–Trinajstić information content (AvgIpc) is 2.43. The quantitative estimate of drug-likeness (QED) is 0.463. The molecule has 0 aromatic carbocycles. The lowest BCUT2D eigenvalue weighted by atomic mass is 10.2. The van der Waals surface area contributed by atoms with Gasteiger partial charge in [0.1, 0.15) is 0 Å². The molecule has 0 bridgehead atoms. The maximum atomic E-state index is 2.36. The highest BCUT2D eigenvalue weighted by Crippen LogP contribution is 2.33. The molecule has 0 saturated carbocycles. The lowest BCUT2D eigenvalue weighted by Gasteiger charge is -1.86. The predicted molar refractivity (Wildman–Crippen MR) is 32.2 cm³/mol. The summed E-state index contributed by atoms with van der Waals surface area (Å²) >= 11 is 0. The van der Waals surface area contributed by atoms with Gasteiger partial charge in [-0.3, -0.25) is 0 Å². The molecule has 0 heterocycles. The van der Waals surface area contributed by atoms with Gasteiger partial charge in [0.25, 0.3) is 0 Å². The number of allylic oxidation sites excluding steroid dienone is 2. The molecule has 0 spiro atoms. The molecule has 1 rings (SSSR count). The maximum absolute atomic E-state index is 2.36. The van der Waals surface area contributed by atoms with Crippen molar-refractivity contribution in [3.8, 4) is 0 Å². The van der Waals surface area contributed by atoms with Crippen LogP contribution in [0.15, 0.2) is 11.6 Å². The van der Waals surface area contributed by atoms with Gasteiger partial charge in [-0.15, -0.1) is 0 Å². The summed E-state index contributed by atoms with van der Waals surface area (Å²) in [5.74, 6) is 0.907. The molecule has 0 aromatic rings. The van der Waals surface area contributed by atoms with Crippen LogP contribution in [0.2, 0.25) is 0 Å². The zero-order chi connectivity index (χ0) is 5.28. The van der Waals surface area contributed by atoms with Gasteiger partial charge in [-0.05, 0) is 18.8 Å². The van der Waals surface area contributed by atoms with Gasteiger partial charge >= 0.3 is 0 Å². The zero-order valence-electron chi connectivity index (χ0n) is 5.07. The summed E-state index contributed by atoms with van der Waals surface area (Å²) in [5.41, 5.74) is 1.67. The summed E-state index contributed by atoms with van der Waals surface area (Å²) in [7, 11) is 0. The van der Waals surface area contributed by atoms with Crippen LogP contribution in [0.1, 0.15) is 26.7 Å². The first-order valence-electron chi connectivity index (χ1n) is 3.09. The Bertz CT molecular complexity index is 90.2. The van der Waals surface area contributed by atoms with Crippen molar-refractivity contribution in [1.29, 1.82) is 0 Å². The van der Waals surface area contributed by atoms with E-state index in [0.29, 0.717) is 0 Å². The molecule has 1 aliphatic rings. The predicted octanol–water partition coefficient (Wildman–Crippen LogP) is 2.36. The SMILES string of the molecule is CCC1=C[C@H]1CC. The van der Waals surface area contributed by atoms with E-state index in [2.05, 4.69) is 19.9 Å². The van der Waals surface area contributed by atoms with Crippen LogP contribution in [0.5, 0.6) is 0 Å². The van der Waals surface area contributed by atoms with E-state index in [9.17, 15) is 0 Å². The molecule has 0 unspecified atom stereocenters. The lowest BCUT2D eigenvalue weighted by Crippen LogP contribution is -1.73. The molecule has 0 saturated heterocycles. The van der Waals surface area contributed by atoms with E-state index in [1.165, 1.54) is 12.8 Å². The van der Waals surface area contributed by atoms with Crippen LogP contribution in [0, 0.1) is 5.92 Å². The first-order chi connectivity index (χ1) is 3.38. The van der Waals surface area contributed by atoms with Crippen LogP contribution in [0.3, 0.4) is 0 Å². The molecule has 1 atom stereocenters. The van der Waals surface area contributed by atoms with Crippen LogP contribution in [-0.4, -0.2) is 0 Å². The van der Waals surface area contributed by atoms with Gasteiger partial charge < -0.3 is 0 Å². The van der Waals surface area contributed by atoms with Crippen molar-refractivity contribution in [3.63, 3.8) is 0 Å². The Balaban J connectivity index is 2.14. The van der Waals surface area contributed by atoms with Crippen LogP contribution >= 0.6 is 0 Å². The molecule has 0 fully saturated rings. The second-order valence-corrected chi connectivity index (χ2v) is 2.11. The highest BCUT2D eigenvalue weighted by Gasteiger charge is 2.18. The maximum Gasteiger partial charge on any atom is -0.00229 e. The van der Waals surface area contributed by atoms with E-state index < -0.39 is 0 Å². The Labute approximate surface area is 45.2 Å². The second kappa shape index (κ2) is 1.69. The molecule has 0 N–H and O–H groups in total. The number of rotatable bonds is 2. The summed E-state index contributed by atoms with van der Waals surface area (Å²) in [6.07, 6.45) is 4.96. The summed E-state index contributed by atoms with van der Waals surface area (Å²) < 4.78 is 0. The summed E-state index contributed by atoms with van der Waals surface area (Å²) in [4.78, 5) is 0.